The zero-order chi connectivity index (χ0) is 23.3. The lowest BCUT2D eigenvalue weighted by atomic mass is 10.2. The molecule has 10 nitrogen and oxygen atoms in total. The van der Waals surface area contributed by atoms with Gasteiger partial charge in [0.15, 0.2) is 0 Å². The Kier molecular flexibility index (Phi) is 7.49. The largest absolute Gasteiger partial charge is 0.377 e. The summed E-state index contributed by atoms with van der Waals surface area (Å²) in [5.41, 5.74) is 1.57. The van der Waals surface area contributed by atoms with E-state index >= 15 is 0 Å². The van der Waals surface area contributed by atoms with Gasteiger partial charge in [-0.05, 0) is 31.5 Å². The highest BCUT2D eigenvalue weighted by molar-refractivity contribution is 6.42. The van der Waals surface area contributed by atoms with Crippen molar-refractivity contribution in [2.75, 3.05) is 23.7 Å². The molecule has 5 N–H and O–H groups in total. The Morgan fingerprint density at radius 3 is 2.66 bits per heavy atom. The van der Waals surface area contributed by atoms with Crippen molar-refractivity contribution < 1.29 is 9.32 Å². The summed E-state index contributed by atoms with van der Waals surface area (Å²) in [6.07, 6.45) is 0.977. The third-order valence-electron chi connectivity index (χ3n) is 4.50. The Hall–Kier alpha value is -3.37. The smallest absolute Gasteiger partial charge is 0.276 e. The maximum Gasteiger partial charge on any atom is 0.276 e. The van der Waals surface area contributed by atoms with E-state index < -0.39 is 5.56 Å². The van der Waals surface area contributed by atoms with Crippen LogP contribution in [0, 0.1) is 19.3 Å². The molecule has 2 heterocycles. The monoisotopic (exact) mass is 477 g/mol. The number of aryl methyl sites for hydroxylation is 2. The van der Waals surface area contributed by atoms with E-state index in [9.17, 15) is 9.59 Å². The number of H-pyrrole nitrogens is 1. The van der Waals surface area contributed by atoms with Gasteiger partial charge in [0, 0.05) is 25.8 Å². The standard InChI is InChI=1S/C20H21Cl2N7O3/c1-10-16(11(2)32-29-10)18(30)25-6-5-24-17-15(8-23)27-20(28-19(17)31)26-9-12-3-4-13(21)14(22)7-12/h3-4,7-8,23-24H,5-6,9H2,1-2H3,(H,25,30)(H2,26,27,28,31). The highest BCUT2D eigenvalue weighted by atomic mass is 35.5. The van der Waals surface area contributed by atoms with Crippen molar-refractivity contribution in [3.8, 4) is 0 Å². The van der Waals surface area contributed by atoms with Crippen molar-refractivity contribution in [3.63, 3.8) is 0 Å². The van der Waals surface area contributed by atoms with Gasteiger partial charge in [-0.3, -0.25) is 14.6 Å². The topological polar surface area (TPSA) is 149 Å². The second-order valence-corrected chi connectivity index (χ2v) is 7.62. The van der Waals surface area contributed by atoms with Crippen LogP contribution in [0.5, 0.6) is 0 Å². The number of carbonyl (C=O) groups excluding carboxylic acids is 1. The molecule has 1 amide bonds. The fourth-order valence-corrected chi connectivity index (χ4v) is 3.26. The maximum absolute atomic E-state index is 12.5. The summed E-state index contributed by atoms with van der Waals surface area (Å²) in [5.74, 6) is 0.324. The number of halogens is 2. The number of aromatic nitrogens is 3. The minimum absolute atomic E-state index is 0.131. The van der Waals surface area contributed by atoms with E-state index in [-0.39, 0.29) is 36.3 Å². The van der Waals surface area contributed by atoms with Crippen molar-refractivity contribution in [3.05, 3.63) is 66.9 Å². The summed E-state index contributed by atoms with van der Waals surface area (Å²) in [7, 11) is 0. The van der Waals surface area contributed by atoms with Crippen LogP contribution in [-0.4, -0.2) is 40.3 Å². The molecule has 32 heavy (non-hydrogen) atoms. The van der Waals surface area contributed by atoms with Gasteiger partial charge in [-0.25, -0.2) is 4.98 Å². The molecule has 0 saturated carbocycles. The number of nitrogens with zero attached hydrogens (tertiary/aromatic N) is 2. The van der Waals surface area contributed by atoms with Crippen LogP contribution in [0.1, 0.15) is 33.1 Å². The van der Waals surface area contributed by atoms with Crippen LogP contribution in [0.25, 0.3) is 0 Å². The molecule has 0 bridgehead atoms. The quantitative estimate of drug-likeness (QED) is 0.234. The molecule has 3 aromatic rings. The fraction of sp³-hybridized carbons (Fsp3) is 0.250. The van der Waals surface area contributed by atoms with E-state index in [2.05, 4.69) is 31.1 Å². The first kappa shape index (κ1) is 23.3. The molecule has 3 rings (SSSR count). The van der Waals surface area contributed by atoms with Crippen LogP contribution in [-0.2, 0) is 6.54 Å². The van der Waals surface area contributed by atoms with Crippen molar-refractivity contribution in [2.24, 2.45) is 0 Å². The Balaban J connectivity index is 1.60. The van der Waals surface area contributed by atoms with Gasteiger partial charge in [-0.1, -0.05) is 34.4 Å². The zero-order valence-corrected chi connectivity index (χ0v) is 18.8. The van der Waals surface area contributed by atoms with Gasteiger partial charge < -0.3 is 25.9 Å². The number of anilines is 2. The Morgan fingerprint density at radius 2 is 2.00 bits per heavy atom. The van der Waals surface area contributed by atoms with Crippen LogP contribution in [0.4, 0.5) is 11.6 Å². The minimum Gasteiger partial charge on any atom is -0.377 e. The predicted octanol–water partition coefficient (Wildman–Crippen LogP) is 3.13. The lowest BCUT2D eigenvalue weighted by Crippen LogP contribution is -2.31. The highest BCUT2D eigenvalue weighted by Gasteiger charge is 2.17. The number of carbonyl (C=O) groups is 1. The van der Waals surface area contributed by atoms with Crippen LogP contribution >= 0.6 is 23.2 Å². The molecule has 0 unspecified atom stereocenters. The molecule has 2 aromatic heterocycles. The van der Waals surface area contributed by atoms with E-state index in [1.54, 1.807) is 32.0 Å². The minimum atomic E-state index is -0.452. The Labute approximate surface area is 193 Å². The number of amides is 1. The van der Waals surface area contributed by atoms with E-state index in [0.717, 1.165) is 11.8 Å². The molecule has 0 spiro atoms. The average Bonchev–Trinajstić information content (AvgIpc) is 3.10. The van der Waals surface area contributed by atoms with Crippen molar-refractivity contribution in [1.82, 2.24) is 20.4 Å². The molecule has 1 aromatic carbocycles. The molecule has 0 saturated heterocycles. The Bertz CT molecular complexity index is 1190. The molecule has 0 atom stereocenters. The van der Waals surface area contributed by atoms with Gasteiger partial charge in [-0.2, -0.15) is 0 Å². The van der Waals surface area contributed by atoms with E-state index in [0.29, 0.717) is 33.6 Å². The Morgan fingerprint density at radius 1 is 1.22 bits per heavy atom. The van der Waals surface area contributed by atoms with Crippen LogP contribution in [0.3, 0.4) is 0 Å². The summed E-state index contributed by atoms with van der Waals surface area (Å²) in [6.45, 7) is 4.17. The summed E-state index contributed by atoms with van der Waals surface area (Å²) in [4.78, 5) is 31.6. The number of hydrogen-bond donors (Lipinski definition) is 5. The van der Waals surface area contributed by atoms with Gasteiger partial charge in [0.25, 0.3) is 11.5 Å². The first-order chi connectivity index (χ1) is 15.3. The molecule has 0 aliphatic rings. The molecule has 168 valence electrons. The molecular weight excluding hydrogens is 457 g/mol. The molecule has 0 radical (unpaired) electrons. The second kappa shape index (κ2) is 10.3. The lowest BCUT2D eigenvalue weighted by Gasteiger charge is -2.11. The number of rotatable bonds is 9. The normalized spacial score (nSPS) is 10.6. The van der Waals surface area contributed by atoms with Gasteiger partial charge in [-0.15, -0.1) is 0 Å². The van der Waals surface area contributed by atoms with Gasteiger partial charge in [0.2, 0.25) is 5.95 Å². The van der Waals surface area contributed by atoms with Gasteiger partial charge >= 0.3 is 0 Å². The van der Waals surface area contributed by atoms with Gasteiger partial charge in [0.1, 0.15) is 22.7 Å². The number of hydrogen-bond acceptors (Lipinski definition) is 8. The first-order valence-electron chi connectivity index (χ1n) is 9.57. The first-order valence-corrected chi connectivity index (χ1v) is 10.3. The van der Waals surface area contributed by atoms with E-state index in [1.165, 1.54) is 0 Å². The molecule has 0 fully saturated rings. The summed E-state index contributed by atoms with van der Waals surface area (Å²) < 4.78 is 4.98. The SMILES string of the molecule is Cc1noc(C)c1C(=O)NCCNc1c(C=N)nc(NCc2ccc(Cl)c(Cl)c2)[nH]c1=O. The molecular formula is C20H21Cl2N7O3. The fourth-order valence-electron chi connectivity index (χ4n) is 2.94. The van der Waals surface area contributed by atoms with Crippen LogP contribution < -0.4 is 21.5 Å². The van der Waals surface area contributed by atoms with Crippen molar-refractivity contribution in [1.29, 1.82) is 5.41 Å². The van der Waals surface area contributed by atoms with Crippen LogP contribution in [0.2, 0.25) is 10.0 Å². The maximum atomic E-state index is 12.5. The third-order valence-corrected chi connectivity index (χ3v) is 5.24. The number of nitrogens with one attached hydrogen (secondary N) is 5. The summed E-state index contributed by atoms with van der Waals surface area (Å²) in [5, 5.41) is 20.8. The van der Waals surface area contributed by atoms with Crippen LogP contribution in [0.15, 0.2) is 27.5 Å². The van der Waals surface area contributed by atoms with E-state index in [1.807, 2.05) is 0 Å². The van der Waals surface area contributed by atoms with Gasteiger partial charge in [0.05, 0.1) is 15.7 Å². The summed E-state index contributed by atoms with van der Waals surface area (Å²) in [6, 6.07) is 5.18. The molecule has 0 aliphatic heterocycles. The zero-order valence-electron chi connectivity index (χ0n) is 17.3. The molecule has 0 aliphatic carbocycles. The summed E-state index contributed by atoms with van der Waals surface area (Å²) >= 11 is 11.9. The average molecular weight is 478 g/mol. The highest BCUT2D eigenvalue weighted by Crippen LogP contribution is 2.22. The van der Waals surface area contributed by atoms with Crippen molar-refractivity contribution in [2.45, 2.75) is 20.4 Å². The second-order valence-electron chi connectivity index (χ2n) is 6.80. The number of benzene rings is 1. The lowest BCUT2D eigenvalue weighted by molar-refractivity contribution is 0.0953. The van der Waals surface area contributed by atoms with Crippen molar-refractivity contribution >= 4 is 47.0 Å². The van der Waals surface area contributed by atoms with E-state index in [4.69, 9.17) is 33.1 Å². The predicted molar refractivity (Wildman–Crippen MR) is 123 cm³/mol. The molecule has 12 heteroatoms. The number of aromatic amines is 1. The third kappa shape index (κ3) is 5.45.